The van der Waals surface area contributed by atoms with Crippen LogP contribution in [0.3, 0.4) is 0 Å². The van der Waals surface area contributed by atoms with Gasteiger partial charge in [0.25, 0.3) is 5.91 Å². The van der Waals surface area contributed by atoms with E-state index >= 15 is 0 Å². The van der Waals surface area contributed by atoms with E-state index in [2.05, 4.69) is 15.3 Å². The number of benzene rings is 1. The summed E-state index contributed by atoms with van der Waals surface area (Å²) in [5.74, 6) is -0.0538. The minimum Gasteiger partial charge on any atom is -0.335 e. The molecule has 2 aliphatic rings. The average Bonchev–Trinajstić information content (AvgIpc) is 3.34. The van der Waals surface area contributed by atoms with Crippen molar-refractivity contribution in [2.45, 2.75) is 45.3 Å². The molecule has 0 bridgehead atoms. The van der Waals surface area contributed by atoms with E-state index in [1.165, 1.54) is 12.8 Å². The number of anilines is 1. The van der Waals surface area contributed by atoms with Gasteiger partial charge in [0, 0.05) is 18.8 Å². The molecule has 7 heteroatoms. The van der Waals surface area contributed by atoms with Gasteiger partial charge in [-0.25, -0.2) is 0 Å². The number of hydrogen-bond acceptors (Lipinski definition) is 4. The van der Waals surface area contributed by atoms with E-state index in [1.807, 2.05) is 52.9 Å². The Hall–Kier alpha value is -2.67. The Morgan fingerprint density at radius 2 is 1.79 bits per heavy atom. The van der Waals surface area contributed by atoms with Crippen molar-refractivity contribution < 1.29 is 9.59 Å². The van der Waals surface area contributed by atoms with Crippen molar-refractivity contribution in [3.63, 3.8) is 0 Å². The highest BCUT2D eigenvalue weighted by Crippen LogP contribution is 2.19. The second kappa shape index (κ2) is 8.14. The molecule has 148 valence electrons. The molecule has 0 saturated carbocycles. The molecule has 1 saturated heterocycles. The number of nitrogens with zero attached hydrogens (tertiary/aromatic N) is 4. The molecule has 1 atom stereocenters. The van der Waals surface area contributed by atoms with Crippen LogP contribution in [-0.2, 0) is 17.9 Å². The Kier molecular flexibility index (Phi) is 5.43. The van der Waals surface area contributed by atoms with E-state index < -0.39 is 0 Å². The standard InChI is InChI=1S/C21H27N5O2/c1-16(24-10-5-6-11-24)21(28)25-12-7-13-26-18(15-25)14-19(23-26)20(27)22-17-8-3-2-4-9-17/h2-4,8-9,14,16H,5-7,10-13,15H2,1H3,(H,22,27)/t16-/m0/s1. The zero-order valence-electron chi connectivity index (χ0n) is 16.3. The number of carbonyl (C=O) groups excluding carboxylic acids is 2. The van der Waals surface area contributed by atoms with Crippen LogP contribution in [0.2, 0.25) is 0 Å². The van der Waals surface area contributed by atoms with Gasteiger partial charge in [-0.1, -0.05) is 18.2 Å². The van der Waals surface area contributed by atoms with Crippen LogP contribution in [0.25, 0.3) is 0 Å². The highest BCUT2D eigenvalue weighted by Gasteiger charge is 2.29. The molecule has 28 heavy (non-hydrogen) atoms. The number of likely N-dealkylation sites (tertiary alicyclic amines) is 1. The van der Waals surface area contributed by atoms with Gasteiger partial charge in [0.2, 0.25) is 5.91 Å². The molecule has 2 aliphatic heterocycles. The summed E-state index contributed by atoms with van der Waals surface area (Å²) in [5, 5.41) is 7.35. The fourth-order valence-electron chi connectivity index (χ4n) is 4.03. The maximum atomic E-state index is 13.0. The maximum Gasteiger partial charge on any atom is 0.276 e. The molecular weight excluding hydrogens is 354 g/mol. The molecule has 1 aromatic carbocycles. The van der Waals surface area contributed by atoms with Crippen LogP contribution in [0.5, 0.6) is 0 Å². The van der Waals surface area contributed by atoms with Gasteiger partial charge in [-0.15, -0.1) is 0 Å². The van der Waals surface area contributed by atoms with Crippen LogP contribution in [0.1, 0.15) is 42.4 Å². The summed E-state index contributed by atoms with van der Waals surface area (Å²) in [5.41, 5.74) is 2.05. The summed E-state index contributed by atoms with van der Waals surface area (Å²) in [6.45, 7) is 5.96. The lowest BCUT2D eigenvalue weighted by atomic mass is 10.2. The van der Waals surface area contributed by atoms with Crippen molar-refractivity contribution in [3.8, 4) is 0 Å². The predicted octanol–water partition coefficient (Wildman–Crippen LogP) is 2.35. The fraction of sp³-hybridized carbons (Fsp3) is 0.476. The summed E-state index contributed by atoms with van der Waals surface area (Å²) >= 11 is 0. The summed E-state index contributed by atoms with van der Waals surface area (Å²) in [7, 11) is 0. The topological polar surface area (TPSA) is 70.5 Å². The molecule has 0 unspecified atom stereocenters. The monoisotopic (exact) mass is 381 g/mol. The molecule has 0 aliphatic carbocycles. The van der Waals surface area contributed by atoms with Gasteiger partial charge >= 0.3 is 0 Å². The van der Waals surface area contributed by atoms with Crippen LogP contribution >= 0.6 is 0 Å². The van der Waals surface area contributed by atoms with Gasteiger partial charge in [-0.05, 0) is 57.5 Å². The Bertz CT molecular complexity index is 842. The maximum absolute atomic E-state index is 13.0. The largest absolute Gasteiger partial charge is 0.335 e. The Morgan fingerprint density at radius 3 is 2.54 bits per heavy atom. The quantitative estimate of drug-likeness (QED) is 0.883. The third kappa shape index (κ3) is 3.94. The van der Waals surface area contributed by atoms with Crippen molar-refractivity contribution in [2.75, 3.05) is 25.0 Å². The van der Waals surface area contributed by atoms with Crippen molar-refractivity contribution in [1.82, 2.24) is 19.6 Å². The molecule has 1 fully saturated rings. The highest BCUT2D eigenvalue weighted by atomic mass is 16.2. The van der Waals surface area contributed by atoms with Crippen LogP contribution in [0.15, 0.2) is 36.4 Å². The van der Waals surface area contributed by atoms with Crippen molar-refractivity contribution in [2.24, 2.45) is 0 Å². The first-order valence-electron chi connectivity index (χ1n) is 10.1. The molecule has 1 aromatic heterocycles. The minimum absolute atomic E-state index is 0.0854. The summed E-state index contributed by atoms with van der Waals surface area (Å²) in [6.07, 6.45) is 3.18. The van der Waals surface area contributed by atoms with Crippen LogP contribution in [0, 0.1) is 0 Å². The SMILES string of the molecule is C[C@@H](C(=O)N1CCCn2nc(C(=O)Nc3ccccc3)cc2C1)N1CCCC1. The molecule has 0 spiro atoms. The van der Waals surface area contributed by atoms with E-state index in [4.69, 9.17) is 0 Å². The van der Waals surface area contributed by atoms with Gasteiger partial charge in [0.05, 0.1) is 18.3 Å². The van der Waals surface area contributed by atoms with Crippen LogP contribution < -0.4 is 5.32 Å². The first-order valence-corrected chi connectivity index (χ1v) is 10.1. The fourth-order valence-corrected chi connectivity index (χ4v) is 4.03. The number of amides is 2. The molecule has 7 nitrogen and oxygen atoms in total. The van der Waals surface area contributed by atoms with E-state index in [0.717, 1.165) is 44.0 Å². The molecule has 4 rings (SSSR count). The van der Waals surface area contributed by atoms with Gasteiger partial charge in [0.15, 0.2) is 5.69 Å². The zero-order valence-corrected chi connectivity index (χ0v) is 16.3. The molecule has 1 N–H and O–H groups in total. The first kappa shape index (κ1) is 18.7. The number of carbonyl (C=O) groups is 2. The molecular formula is C21H27N5O2. The number of rotatable bonds is 4. The summed E-state index contributed by atoms with van der Waals surface area (Å²) < 4.78 is 1.87. The lowest BCUT2D eigenvalue weighted by molar-refractivity contribution is -0.136. The van der Waals surface area contributed by atoms with Crippen molar-refractivity contribution in [1.29, 1.82) is 0 Å². The van der Waals surface area contributed by atoms with Crippen LogP contribution in [-0.4, -0.2) is 57.1 Å². The molecule has 2 amide bonds. The van der Waals surface area contributed by atoms with E-state index in [1.54, 1.807) is 0 Å². The number of nitrogens with one attached hydrogen (secondary N) is 1. The normalized spacial score (nSPS) is 18.4. The number of aromatic nitrogens is 2. The summed E-state index contributed by atoms with van der Waals surface area (Å²) in [4.78, 5) is 29.7. The lowest BCUT2D eigenvalue weighted by Crippen LogP contribution is -2.45. The van der Waals surface area contributed by atoms with E-state index in [-0.39, 0.29) is 17.9 Å². The Balaban J connectivity index is 1.46. The van der Waals surface area contributed by atoms with Crippen LogP contribution in [0.4, 0.5) is 5.69 Å². The third-order valence-electron chi connectivity index (χ3n) is 5.64. The number of para-hydroxylation sites is 1. The second-order valence-corrected chi connectivity index (χ2v) is 7.60. The molecule has 2 aromatic rings. The molecule has 0 radical (unpaired) electrons. The smallest absolute Gasteiger partial charge is 0.276 e. The van der Waals surface area contributed by atoms with Gasteiger partial charge < -0.3 is 10.2 Å². The van der Waals surface area contributed by atoms with Crippen molar-refractivity contribution >= 4 is 17.5 Å². The minimum atomic E-state index is -0.227. The van der Waals surface area contributed by atoms with E-state index in [9.17, 15) is 9.59 Å². The van der Waals surface area contributed by atoms with Crippen molar-refractivity contribution in [3.05, 3.63) is 47.8 Å². The third-order valence-corrected chi connectivity index (χ3v) is 5.64. The summed E-state index contributed by atoms with van der Waals surface area (Å²) in [6, 6.07) is 11.1. The number of hydrogen-bond donors (Lipinski definition) is 1. The Morgan fingerprint density at radius 1 is 1.04 bits per heavy atom. The highest BCUT2D eigenvalue weighted by molar-refractivity contribution is 6.02. The van der Waals surface area contributed by atoms with Gasteiger partial charge in [-0.2, -0.15) is 5.10 Å². The van der Waals surface area contributed by atoms with Gasteiger partial charge in [0.1, 0.15) is 0 Å². The number of aryl methyl sites for hydroxylation is 1. The van der Waals surface area contributed by atoms with E-state index in [0.29, 0.717) is 12.2 Å². The number of fused-ring (bicyclic) bond motifs is 1. The van der Waals surface area contributed by atoms with Gasteiger partial charge in [-0.3, -0.25) is 19.2 Å². The average molecular weight is 381 g/mol. The molecule has 3 heterocycles. The predicted molar refractivity (Wildman–Crippen MR) is 107 cm³/mol. The zero-order chi connectivity index (χ0) is 19.5. The second-order valence-electron chi connectivity index (χ2n) is 7.60. The Labute approximate surface area is 165 Å². The lowest BCUT2D eigenvalue weighted by Gasteiger charge is -2.29. The first-order chi connectivity index (χ1) is 13.6.